The predicted molar refractivity (Wildman–Crippen MR) is 87.0 cm³/mol. The Kier molecular flexibility index (Phi) is 7.53. The first-order valence-corrected chi connectivity index (χ1v) is 9.88. The molecule has 2 aliphatic heterocycles. The van der Waals surface area contributed by atoms with Gasteiger partial charge in [-0.2, -0.15) is 0 Å². The van der Waals surface area contributed by atoms with Crippen LogP contribution in [0.3, 0.4) is 0 Å². The summed E-state index contributed by atoms with van der Waals surface area (Å²) in [7, 11) is 14.5. The Hall–Kier alpha value is 0.500. The number of methoxy groups -OCH3 is 2. The van der Waals surface area contributed by atoms with Crippen LogP contribution in [0.4, 0.5) is 0 Å². The highest BCUT2D eigenvalue weighted by atomic mass is 32.5. The van der Waals surface area contributed by atoms with Crippen LogP contribution in [0.15, 0.2) is 0 Å². The zero-order valence-electron chi connectivity index (χ0n) is 14.2. The standard InChI is InChI=1S/C12H21B2O7PS/c1-16-5-9-8(4-12(14)19-9)21-22(15,23)18-6-10-7(17-2)3-11(13)20-10/h7-12H,3-6H2,1-2H3,(H,15,23). The fourth-order valence-corrected chi connectivity index (χ4v) is 4.13. The van der Waals surface area contributed by atoms with Crippen molar-refractivity contribution in [2.24, 2.45) is 0 Å². The lowest BCUT2D eigenvalue weighted by Gasteiger charge is -2.33. The quantitative estimate of drug-likeness (QED) is 0.415. The van der Waals surface area contributed by atoms with Gasteiger partial charge < -0.3 is 32.9 Å². The molecule has 11 heteroatoms. The third-order valence-corrected chi connectivity index (χ3v) is 5.32. The summed E-state index contributed by atoms with van der Waals surface area (Å²) in [5, 5.41) is 0. The molecular formula is C12H21B2O7PS. The molecule has 2 heterocycles. The zero-order chi connectivity index (χ0) is 17.0. The summed E-state index contributed by atoms with van der Waals surface area (Å²) >= 11 is 4.94. The maximum atomic E-state index is 12.4. The van der Waals surface area contributed by atoms with Crippen molar-refractivity contribution in [3.05, 3.63) is 0 Å². The lowest BCUT2D eigenvalue weighted by molar-refractivity contribution is -0.215. The minimum Gasteiger partial charge on any atom is -0.780 e. The third kappa shape index (κ3) is 5.76. The van der Waals surface area contributed by atoms with E-state index in [-0.39, 0.29) is 20.7 Å². The van der Waals surface area contributed by atoms with E-state index in [2.05, 4.69) is 0 Å². The summed E-state index contributed by atoms with van der Waals surface area (Å²) in [4.78, 5) is 12.4. The molecule has 0 N–H and O–H groups in total. The number of hydrogen-bond acceptors (Lipinski definition) is 8. The van der Waals surface area contributed by atoms with Crippen LogP contribution in [-0.2, 0) is 39.8 Å². The SMILES string of the molecule is [B]C1CC(OC)C(COP([O-])(=S)OC2CC([B])OC2COC)O1.[H+]. The van der Waals surface area contributed by atoms with Crippen molar-refractivity contribution in [2.75, 3.05) is 27.4 Å². The minimum absolute atomic E-state index is 0. The summed E-state index contributed by atoms with van der Waals surface area (Å²) < 4.78 is 31.8. The Morgan fingerprint density at radius 1 is 1.13 bits per heavy atom. The first-order valence-electron chi connectivity index (χ1n) is 7.32. The molecule has 0 aromatic rings. The Morgan fingerprint density at radius 2 is 1.70 bits per heavy atom. The number of hydrogen-bond donors (Lipinski definition) is 0. The van der Waals surface area contributed by atoms with Gasteiger partial charge >= 0.3 is 1.43 Å². The van der Waals surface area contributed by atoms with Crippen molar-refractivity contribution in [1.29, 1.82) is 0 Å². The highest BCUT2D eigenvalue weighted by Crippen LogP contribution is 2.44. The van der Waals surface area contributed by atoms with Crippen molar-refractivity contribution in [3.8, 4) is 0 Å². The van der Waals surface area contributed by atoms with Crippen molar-refractivity contribution in [2.45, 2.75) is 49.3 Å². The van der Waals surface area contributed by atoms with Gasteiger partial charge in [0.2, 0.25) is 0 Å². The van der Waals surface area contributed by atoms with E-state index in [1.165, 1.54) is 7.11 Å². The second-order valence-electron chi connectivity index (χ2n) is 5.51. The van der Waals surface area contributed by atoms with Crippen LogP contribution < -0.4 is 4.89 Å². The normalized spacial score (nSPS) is 40.3. The fraction of sp³-hybridized carbons (Fsp3) is 1.00. The van der Waals surface area contributed by atoms with E-state index < -0.39 is 37.0 Å². The van der Waals surface area contributed by atoms with Crippen molar-refractivity contribution in [1.82, 2.24) is 0 Å². The average Bonchev–Trinajstić information content (AvgIpc) is 2.99. The summed E-state index contributed by atoms with van der Waals surface area (Å²) in [6.07, 6.45) is -0.745. The van der Waals surface area contributed by atoms with Gasteiger partial charge in [0.25, 0.3) is 0 Å². The summed E-state index contributed by atoms with van der Waals surface area (Å²) in [6, 6.07) is -0.949. The van der Waals surface area contributed by atoms with Crippen LogP contribution in [0, 0.1) is 0 Å². The Bertz CT molecular complexity index is 438. The van der Waals surface area contributed by atoms with Gasteiger partial charge in [-0.3, -0.25) is 0 Å². The molecule has 0 bridgehead atoms. The summed E-state index contributed by atoms with van der Waals surface area (Å²) in [5.74, 6) is 0. The zero-order valence-corrected chi connectivity index (χ0v) is 14.9. The fourth-order valence-electron chi connectivity index (χ4n) is 2.67. The molecule has 0 aromatic carbocycles. The highest BCUT2D eigenvalue weighted by molar-refractivity contribution is 8.06. The van der Waals surface area contributed by atoms with Crippen LogP contribution in [0.5, 0.6) is 0 Å². The van der Waals surface area contributed by atoms with Gasteiger partial charge in [-0.1, -0.05) is 11.8 Å². The van der Waals surface area contributed by atoms with E-state index in [4.69, 9.17) is 55.5 Å². The summed E-state index contributed by atoms with van der Waals surface area (Å²) in [6.45, 7) is -3.48. The Balaban J connectivity index is 0.00000288. The molecule has 7 atom stereocenters. The predicted octanol–water partition coefficient (Wildman–Crippen LogP) is -0.686. The molecule has 0 spiro atoms. The van der Waals surface area contributed by atoms with Gasteiger partial charge in [0.1, 0.15) is 34.6 Å². The minimum atomic E-state index is -3.72. The lowest BCUT2D eigenvalue weighted by Crippen LogP contribution is -2.32. The van der Waals surface area contributed by atoms with Crippen LogP contribution in [0.2, 0.25) is 0 Å². The van der Waals surface area contributed by atoms with Gasteiger partial charge in [0.05, 0.1) is 25.4 Å². The first kappa shape index (κ1) is 19.8. The first-order chi connectivity index (χ1) is 10.8. The number of rotatable bonds is 8. The molecule has 2 aliphatic rings. The lowest BCUT2D eigenvalue weighted by atomic mass is 9.96. The van der Waals surface area contributed by atoms with Crippen LogP contribution in [0.25, 0.3) is 0 Å². The molecular weight excluding hydrogens is 341 g/mol. The number of ether oxygens (including phenoxy) is 4. The molecule has 4 radical (unpaired) electrons. The topological polar surface area (TPSA) is 78.4 Å². The molecule has 2 fully saturated rings. The summed E-state index contributed by atoms with van der Waals surface area (Å²) in [5.41, 5.74) is 0. The van der Waals surface area contributed by atoms with Crippen LogP contribution in [0.1, 0.15) is 14.3 Å². The van der Waals surface area contributed by atoms with Crippen molar-refractivity contribution < 1.29 is 34.3 Å². The second-order valence-corrected chi connectivity index (χ2v) is 8.22. The van der Waals surface area contributed by atoms with Gasteiger partial charge in [-0.25, -0.2) is 0 Å². The van der Waals surface area contributed by atoms with E-state index >= 15 is 0 Å². The molecule has 23 heavy (non-hydrogen) atoms. The van der Waals surface area contributed by atoms with Gasteiger partial charge in [0, 0.05) is 26.2 Å². The Labute approximate surface area is 145 Å². The highest BCUT2D eigenvalue weighted by Gasteiger charge is 2.36. The smallest absolute Gasteiger partial charge is 0.780 e. The van der Waals surface area contributed by atoms with Gasteiger partial charge in [0.15, 0.2) is 0 Å². The van der Waals surface area contributed by atoms with E-state index in [9.17, 15) is 4.89 Å². The molecule has 128 valence electrons. The maximum absolute atomic E-state index is 12.4. The van der Waals surface area contributed by atoms with Gasteiger partial charge in [-0.15, -0.1) is 0 Å². The molecule has 2 saturated heterocycles. The van der Waals surface area contributed by atoms with E-state index in [1.54, 1.807) is 7.11 Å². The van der Waals surface area contributed by atoms with Crippen molar-refractivity contribution in [3.63, 3.8) is 0 Å². The molecule has 7 nitrogen and oxygen atoms in total. The molecule has 0 aromatic heterocycles. The van der Waals surface area contributed by atoms with Gasteiger partial charge in [-0.05, 0) is 12.8 Å². The monoisotopic (exact) mass is 362 g/mol. The third-order valence-electron chi connectivity index (χ3n) is 3.75. The Morgan fingerprint density at radius 3 is 2.26 bits per heavy atom. The van der Waals surface area contributed by atoms with E-state index in [1.807, 2.05) is 0 Å². The molecule has 2 rings (SSSR count). The largest absolute Gasteiger partial charge is 1.00 e. The molecule has 0 amide bonds. The maximum Gasteiger partial charge on any atom is 1.00 e. The van der Waals surface area contributed by atoms with E-state index in [0.717, 1.165) is 0 Å². The van der Waals surface area contributed by atoms with Crippen molar-refractivity contribution >= 4 is 34.2 Å². The molecule has 0 aliphatic carbocycles. The molecule has 0 saturated carbocycles. The average molecular weight is 362 g/mol. The van der Waals surface area contributed by atoms with E-state index in [0.29, 0.717) is 12.8 Å². The van der Waals surface area contributed by atoms with Crippen LogP contribution in [-0.4, -0.2) is 79.5 Å². The van der Waals surface area contributed by atoms with Crippen LogP contribution >= 0.6 is 6.72 Å². The second kappa shape index (κ2) is 8.74. The molecule has 7 unspecified atom stereocenters.